The van der Waals surface area contributed by atoms with Crippen LogP contribution in [-0.2, 0) is 16.0 Å². The summed E-state index contributed by atoms with van der Waals surface area (Å²) in [5.41, 5.74) is 2.47. The lowest BCUT2D eigenvalue weighted by Crippen LogP contribution is -2.24. The van der Waals surface area contributed by atoms with Gasteiger partial charge in [-0.3, -0.25) is 19.7 Å². The Labute approximate surface area is 171 Å². The maximum absolute atomic E-state index is 12.6. The van der Waals surface area contributed by atoms with Crippen LogP contribution >= 0.6 is 0 Å². The quantitative estimate of drug-likeness (QED) is 0.480. The van der Waals surface area contributed by atoms with Crippen molar-refractivity contribution in [2.45, 2.75) is 25.8 Å². The molecule has 2 N–H and O–H groups in total. The Morgan fingerprint density at radius 1 is 1.20 bits per heavy atom. The molecule has 3 aromatic rings. The minimum absolute atomic E-state index is 0.0887. The fourth-order valence-electron chi connectivity index (χ4n) is 3.59. The van der Waals surface area contributed by atoms with Crippen LogP contribution in [0.1, 0.15) is 25.1 Å². The van der Waals surface area contributed by atoms with E-state index in [1.165, 1.54) is 18.2 Å². The summed E-state index contributed by atoms with van der Waals surface area (Å²) in [4.78, 5) is 35.7. The molecule has 9 heteroatoms. The van der Waals surface area contributed by atoms with Crippen LogP contribution in [0.4, 0.5) is 17.2 Å². The van der Waals surface area contributed by atoms with E-state index in [2.05, 4.69) is 15.7 Å². The highest BCUT2D eigenvalue weighted by Crippen LogP contribution is 2.38. The average molecular weight is 405 g/mol. The molecule has 0 radical (unpaired) electrons. The van der Waals surface area contributed by atoms with E-state index in [0.717, 1.165) is 16.8 Å². The fraction of sp³-hybridized carbons (Fsp3) is 0.190. The number of hydrogen-bond acceptors (Lipinski definition) is 5. The maximum atomic E-state index is 12.6. The van der Waals surface area contributed by atoms with Gasteiger partial charge in [0.15, 0.2) is 0 Å². The van der Waals surface area contributed by atoms with Gasteiger partial charge in [0.25, 0.3) is 11.6 Å². The number of carbonyl (C=O) groups excluding carboxylic acids is 2. The summed E-state index contributed by atoms with van der Waals surface area (Å²) in [7, 11) is 0. The number of amides is 2. The van der Waals surface area contributed by atoms with Crippen LogP contribution in [0.5, 0.6) is 0 Å². The number of nitro groups is 1. The van der Waals surface area contributed by atoms with Crippen LogP contribution < -0.4 is 10.6 Å². The third-order valence-electron chi connectivity index (χ3n) is 4.97. The average Bonchev–Trinajstić information content (AvgIpc) is 3.24. The molecule has 9 nitrogen and oxygen atoms in total. The van der Waals surface area contributed by atoms with Gasteiger partial charge in [-0.15, -0.1) is 0 Å². The number of anilines is 2. The topological polar surface area (TPSA) is 119 Å². The molecule has 0 bridgehead atoms. The molecule has 2 amide bonds. The molecule has 0 aliphatic carbocycles. The van der Waals surface area contributed by atoms with Crippen LogP contribution in [0.3, 0.4) is 0 Å². The third kappa shape index (κ3) is 3.41. The summed E-state index contributed by atoms with van der Waals surface area (Å²) in [6, 6.07) is 14.7. The van der Waals surface area contributed by atoms with Crippen molar-refractivity contribution in [2.24, 2.45) is 0 Å². The third-order valence-corrected chi connectivity index (χ3v) is 4.97. The van der Waals surface area contributed by atoms with Crippen LogP contribution in [0.15, 0.2) is 54.6 Å². The number of aryl methyl sites for hydroxylation is 1. The van der Waals surface area contributed by atoms with E-state index in [4.69, 9.17) is 0 Å². The molecule has 1 aliphatic heterocycles. The number of fused-ring (bicyclic) bond motifs is 1. The van der Waals surface area contributed by atoms with Crippen LogP contribution in [0, 0.1) is 10.1 Å². The summed E-state index contributed by atoms with van der Waals surface area (Å²) in [6.07, 6.45) is 0.471. The number of nitro benzene ring substituents is 1. The Bertz CT molecular complexity index is 1140. The number of rotatable bonds is 6. The lowest BCUT2D eigenvalue weighted by Gasteiger charge is -2.10. The lowest BCUT2D eigenvalue weighted by molar-refractivity contribution is -0.383. The van der Waals surface area contributed by atoms with E-state index in [0.29, 0.717) is 12.2 Å². The maximum Gasteiger partial charge on any atom is 0.292 e. The zero-order valence-corrected chi connectivity index (χ0v) is 16.2. The molecule has 2 heterocycles. The normalized spacial score (nSPS) is 14.8. The van der Waals surface area contributed by atoms with E-state index >= 15 is 0 Å². The number of aromatic nitrogens is 2. The molecular formula is C21H19N5O4. The second kappa shape index (κ2) is 7.78. The highest BCUT2D eigenvalue weighted by atomic mass is 16.6. The molecule has 152 valence electrons. The van der Waals surface area contributed by atoms with Crippen molar-refractivity contribution in [1.82, 2.24) is 9.78 Å². The number of benzene rings is 2. The SMILES string of the molecule is CCc1nn2c(c1-c1ccccc1)NC(=O)C2CC(=O)Nc1ccccc1[N+](=O)[O-]. The molecule has 0 saturated heterocycles. The number of nitrogens with zero attached hydrogens (tertiary/aromatic N) is 3. The van der Waals surface area contributed by atoms with Crippen molar-refractivity contribution in [3.63, 3.8) is 0 Å². The number of hydrogen-bond donors (Lipinski definition) is 2. The first-order valence-electron chi connectivity index (χ1n) is 9.50. The van der Waals surface area contributed by atoms with Gasteiger partial charge in [-0.05, 0) is 18.1 Å². The van der Waals surface area contributed by atoms with Crippen molar-refractivity contribution >= 4 is 29.0 Å². The van der Waals surface area contributed by atoms with Gasteiger partial charge in [0.05, 0.1) is 17.0 Å². The van der Waals surface area contributed by atoms with Crippen molar-refractivity contribution < 1.29 is 14.5 Å². The Hall–Kier alpha value is -4.01. The highest BCUT2D eigenvalue weighted by molar-refractivity contribution is 6.04. The van der Waals surface area contributed by atoms with Crippen molar-refractivity contribution in [1.29, 1.82) is 0 Å². The van der Waals surface area contributed by atoms with Crippen LogP contribution in [0.2, 0.25) is 0 Å². The fourth-order valence-corrected chi connectivity index (χ4v) is 3.59. The van der Waals surface area contributed by atoms with Gasteiger partial charge in [0, 0.05) is 11.6 Å². The molecule has 2 aromatic carbocycles. The van der Waals surface area contributed by atoms with Gasteiger partial charge in [-0.1, -0.05) is 49.4 Å². The molecule has 0 saturated carbocycles. The second-order valence-electron chi connectivity index (χ2n) is 6.87. The van der Waals surface area contributed by atoms with E-state index in [1.54, 1.807) is 10.7 Å². The molecule has 1 aliphatic rings. The molecule has 1 atom stereocenters. The summed E-state index contributed by atoms with van der Waals surface area (Å²) in [5, 5.41) is 21.1. The van der Waals surface area contributed by atoms with Crippen molar-refractivity contribution in [3.8, 4) is 11.1 Å². The predicted molar refractivity (Wildman–Crippen MR) is 111 cm³/mol. The van der Waals surface area contributed by atoms with Gasteiger partial charge >= 0.3 is 0 Å². The molecular weight excluding hydrogens is 386 g/mol. The van der Waals surface area contributed by atoms with E-state index in [-0.39, 0.29) is 23.7 Å². The number of nitrogens with one attached hydrogen (secondary N) is 2. The van der Waals surface area contributed by atoms with Crippen molar-refractivity contribution in [2.75, 3.05) is 10.6 Å². The van der Waals surface area contributed by atoms with Gasteiger partial charge < -0.3 is 10.6 Å². The first-order valence-corrected chi connectivity index (χ1v) is 9.50. The van der Waals surface area contributed by atoms with E-state index in [9.17, 15) is 19.7 Å². The van der Waals surface area contributed by atoms with Gasteiger partial charge in [-0.2, -0.15) is 5.10 Å². The van der Waals surface area contributed by atoms with E-state index < -0.39 is 16.9 Å². The molecule has 0 spiro atoms. The Balaban J connectivity index is 1.61. The Kier molecular flexibility index (Phi) is 5.01. The smallest absolute Gasteiger partial charge is 0.292 e. The number of carbonyl (C=O) groups is 2. The van der Waals surface area contributed by atoms with Crippen molar-refractivity contribution in [3.05, 3.63) is 70.4 Å². The van der Waals surface area contributed by atoms with Crippen LogP contribution in [-0.4, -0.2) is 26.5 Å². The summed E-state index contributed by atoms with van der Waals surface area (Å²) >= 11 is 0. The van der Waals surface area contributed by atoms with Gasteiger partial charge in [0.1, 0.15) is 17.5 Å². The summed E-state index contributed by atoms with van der Waals surface area (Å²) in [5.74, 6) is -0.284. The highest BCUT2D eigenvalue weighted by Gasteiger charge is 2.36. The molecule has 1 unspecified atom stereocenters. The first-order chi connectivity index (χ1) is 14.5. The number of para-hydroxylation sites is 2. The summed E-state index contributed by atoms with van der Waals surface area (Å²) in [6.45, 7) is 1.97. The monoisotopic (exact) mass is 405 g/mol. The zero-order chi connectivity index (χ0) is 21.3. The zero-order valence-electron chi connectivity index (χ0n) is 16.2. The Morgan fingerprint density at radius 2 is 1.90 bits per heavy atom. The largest absolute Gasteiger partial charge is 0.320 e. The molecule has 0 fully saturated rings. The lowest BCUT2D eigenvalue weighted by atomic mass is 10.0. The molecule has 1 aromatic heterocycles. The Morgan fingerprint density at radius 3 is 2.60 bits per heavy atom. The summed E-state index contributed by atoms with van der Waals surface area (Å²) < 4.78 is 1.54. The molecule has 30 heavy (non-hydrogen) atoms. The second-order valence-corrected chi connectivity index (χ2v) is 6.87. The predicted octanol–water partition coefficient (Wildman–Crippen LogP) is 3.54. The minimum Gasteiger partial charge on any atom is -0.320 e. The first kappa shape index (κ1) is 19.3. The minimum atomic E-state index is -0.828. The van der Waals surface area contributed by atoms with E-state index in [1.807, 2.05) is 37.3 Å². The van der Waals surface area contributed by atoms with Gasteiger partial charge in [0.2, 0.25) is 5.91 Å². The molecule has 4 rings (SSSR count). The van der Waals surface area contributed by atoms with Gasteiger partial charge in [-0.25, -0.2) is 4.68 Å². The van der Waals surface area contributed by atoms with Crippen LogP contribution in [0.25, 0.3) is 11.1 Å². The standard InChI is InChI=1S/C21H19N5O4/c1-2-14-19(13-8-4-3-5-9-13)20-23-21(28)17(25(20)24-14)12-18(27)22-15-10-6-7-11-16(15)26(29)30/h3-11,17H,2,12H2,1H3,(H,22,27)(H,23,28).